The Hall–Kier alpha value is -2.69. The van der Waals surface area contributed by atoms with Crippen LogP contribution in [0.4, 0.5) is 0 Å². The van der Waals surface area contributed by atoms with Crippen molar-refractivity contribution in [2.45, 2.75) is 84.5 Å². The Balaban J connectivity index is 5.50. The molecule has 0 heterocycles. The number of hydrogen-bond acceptors (Lipinski definition) is 6. The van der Waals surface area contributed by atoms with Gasteiger partial charge >= 0.3 is 11.9 Å². The van der Waals surface area contributed by atoms with Gasteiger partial charge in [0.25, 0.3) is 0 Å². The zero-order chi connectivity index (χ0) is 24.3. The Morgan fingerprint density at radius 1 is 0.806 bits per heavy atom. The molecule has 3 amide bonds. The summed E-state index contributed by atoms with van der Waals surface area (Å²) in [6.07, 6.45) is 0.554. The van der Waals surface area contributed by atoms with Crippen LogP contribution in [-0.2, 0) is 24.0 Å². The van der Waals surface area contributed by atoms with E-state index in [1.54, 1.807) is 6.92 Å². The maximum absolute atomic E-state index is 12.9. The first-order chi connectivity index (χ1) is 14.3. The highest BCUT2D eigenvalue weighted by molar-refractivity contribution is 5.94. The Labute approximate surface area is 182 Å². The SMILES string of the molecule is CCC(C)C(N)C(=O)NC(C(=O)NC(CCC(=O)O)C(=O)NC(C)C(=O)O)C(C)CC. The summed E-state index contributed by atoms with van der Waals surface area (Å²) in [4.78, 5) is 59.8. The van der Waals surface area contributed by atoms with Crippen molar-refractivity contribution in [2.75, 3.05) is 0 Å². The van der Waals surface area contributed by atoms with Crippen molar-refractivity contribution in [3.63, 3.8) is 0 Å². The van der Waals surface area contributed by atoms with Gasteiger partial charge in [-0.15, -0.1) is 0 Å². The van der Waals surface area contributed by atoms with Crippen LogP contribution in [0.5, 0.6) is 0 Å². The van der Waals surface area contributed by atoms with Crippen molar-refractivity contribution in [1.29, 1.82) is 0 Å². The summed E-state index contributed by atoms with van der Waals surface area (Å²) in [5.41, 5.74) is 5.95. The first-order valence-electron chi connectivity index (χ1n) is 10.5. The molecule has 0 aromatic carbocycles. The van der Waals surface area contributed by atoms with Crippen LogP contribution in [0.25, 0.3) is 0 Å². The molecule has 0 bridgehead atoms. The van der Waals surface area contributed by atoms with Gasteiger partial charge in [0.1, 0.15) is 18.1 Å². The predicted octanol–water partition coefficient (Wildman–Crippen LogP) is -0.170. The molecule has 0 fully saturated rings. The highest BCUT2D eigenvalue weighted by Crippen LogP contribution is 2.12. The number of carbonyl (C=O) groups is 5. The molecule has 0 radical (unpaired) electrons. The minimum absolute atomic E-state index is 0.104. The molecule has 178 valence electrons. The van der Waals surface area contributed by atoms with Crippen LogP contribution in [0.15, 0.2) is 0 Å². The van der Waals surface area contributed by atoms with E-state index in [1.807, 2.05) is 20.8 Å². The first-order valence-corrected chi connectivity index (χ1v) is 10.5. The van der Waals surface area contributed by atoms with Gasteiger partial charge in [0, 0.05) is 6.42 Å². The third-order valence-electron chi connectivity index (χ3n) is 5.36. The summed E-state index contributed by atoms with van der Waals surface area (Å²) in [5, 5.41) is 25.2. The number of aliphatic carboxylic acids is 2. The molecule has 6 unspecified atom stereocenters. The smallest absolute Gasteiger partial charge is 0.325 e. The van der Waals surface area contributed by atoms with Gasteiger partial charge in [-0.1, -0.05) is 40.5 Å². The summed E-state index contributed by atoms with van der Waals surface area (Å²) >= 11 is 0. The number of amides is 3. The normalized spacial score (nSPS) is 16.7. The van der Waals surface area contributed by atoms with E-state index in [2.05, 4.69) is 16.0 Å². The summed E-state index contributed by atoms with van der Waals surface area (Å²) < 4.78 is 0. The minimum Gasteiger partial charge on any atom is -0.481 e. The largest absolute Gasteiger partial charge is 0.481 e. The molecule has 31 heavy (non-hydrogen) atoms. The van der Waals surface area contributed by atoms with Crippen molar-refractivity contribution in [3.8, 4) is 0 Å². The maximum atomic E-state index is 12.9. The Morgan fingerprint density at radius 3 is 1.81 bits per heavy atom. The molecule has 11 heteroatoms. The fourth-order valence-corrected chi connectivity index (χ4v) is 2.64. The Morgan fingerprint density at radius 2 is 1.35 bits per heavy atom. The van der Waals surface area contributed by atoms with E-state index >= 15 is 0 Å². The second-order valence-corrected chi connectivity index (χ2v) is 7.85. The number of nitrogens with two attached hydrogens (primary N) is 1. The third kappa shape index (κ3) is 9.77. The average molecular weight is 445 g/mol. The summed E-state index contributed by atoms with van der Waals surface area (Å²) in [5.74, 6) is -4.85. The van der Waals surface area contributed by atoms with Gasteiger partial charge in [-0.2, -0.15) is 0 Å². The van der Waals surface area contributed by atoms with Crippen molar-refractivity contribution in [3.05, 3.63) is 0 Å². The maximum Gasteiger partial charge on any atom is 0.325 e. The Kier molecular flexibility index (Phi) is 12.4. The molecule has 0 saturated carbocycles. The molecule has 0 aliphatic heterocycles. The van der Waals surface area contributed by atoms with E-state index in [0.29, 0.717) is 12.8 Å². The molecule has 0 aliphatic rings. The number of nitrogens with one attached hydrogen (secondary N) is 3. The molecule has 7 N–H and O–H groups in total. The quantitative estimate of drug-likeness (QED) is 0.213. The molecular formula is C20H36N4O7. The zero-order valence-corrected chi connectivity index (χ0v) is 18.8. The van der Waals surface area contributed by atoms with Crippen LogP contribution >= 0.6 is 0 Å². The molecule has 0 saturated heterocycles. The topological polar surface area (TPSA) is 188 Å². The van der Waals surface area contributed by atoms with Gasteiger partial charge in [0.05, 0.1) is 6.04 Å². The molecule has 0 aliphatic carbocycles. The molecule has 0 aromatic rings. The van der Waals surface area contributed by atoms with Gasteiger partial charge in [-0.25, -0.2) is 0 Å². The zero-order valence-electron chi connectivity index (χ0n) is 18.8. The second kappa shape index (κ2) is 13.6. The van der Waals surface area contributed by atoms with E-state index < -0.39 is 60.2 Å². The standard InChI is InChI=1S/C20H36N4O7/c1-6-10(3)15(21)18(28)24-16(11(4)7-2)19(29)23-13(8-9-14(25)26)17(27)22-12(5)20(30)31/h10-13,15-16H,6-9,21H2,1-5H3,(H,22,27)(H,23,29)(H,24,28)(H,25,26)(H,30,31). The molecule has 6 atom stereocenters. The van der Waals surface area contributed by atoms with E-state index in [4.69, 9.17) is 15.9 Å². The second-order valence-electron chi connectivity index (χ2n) is 7.85. The van der Waals surface area contributed by atoms with Crippen LogP contribution in [0.2, 0.25) is 0 Å². The lowest BCUT2D eigenvalue weighted by molar-refractivity contribution is -0.142. The lowest BCUT2D eigenvalue weighted by Crippen LogP contribution is -2.59. The summed E-state index contributed by atoms with van der Waals surface area (Å²) in [7, 11) is 0. The van der Waals surface area contributed by atoms with Gasteiger partial charge < -0.3 is 31.9 Å². The van der Waals surface area contributed by atoms with Crippen molar-refractivity contribution >= 4 is 29.7 Å². The van der Waals surface area contributed by atoms with E-state index in [1.165, 1.54) is 6.92 Å². The van der Waals surface area contributed by atoms with E-state index in [9.17, 15) is 24.0 Å². The van der Waals surface area contributed by atoms with Crippen LogP contribution in [-0.4, -0.2) is 64.0 Å². The fraction of sp³-hybridized carbons (Fsp3) is 0.750. The van der Waals surface area contributed by atoms with Gasteiger partial charge in [0.2, 0.25) is 17.7 Å². The van der Waals surface area contributed by atoms with Gasteiger partial charge in [0.15, 0.2) is 0 Å². The van der Waals surface area contributed by atoms with E-state index in [0.717, 1.165) is 0 Å². The highest BCUT2D eigenvalue weighted by atomic mass is 16.4. The molecule has 0 spiro atoms. The lowest BCUT2D eigenvalue weighted by atomic mass is 9.95. The number of rotatable bonds is 14. The number of carboxylic acid groups (broad SMARTS) is 2. The summed E-state index contributed by atoms with van der Waals surface area (Å²) in [6.45, 7) is 8.53. The Bertz CT molecular complexity index is 655. The van der Waals surface area contributed by atoms with Crippen LogP contribution in [0, 0.1) is 11.8 Å². The van der Waals surface area contributed by atoms with Gasteiger partial charge in [-0.05, 0) is 25.2 Å². The first kappa shape index (κ1) is 28.3. The lowest BCUT2D eigenvalue weighted by Gasteiger charge is -2.28. The number of carbonyl (C=O) groups excluding carboxylic acids is 3. The van der Waals surface area contributed by atoms with Crippen molar-refractivity contribution in [2.24, 2.45) is 17.6 Å². The molecule has 11 nitrogen and oxygen atoms in total. The molecular weight excluding hydrogens is 408 g/mol. The van der Waals surface area contributed by atoms with E-state index in [-0.39, 0.29) is 18.3 Å². The fourth-order valence-electron chi connectivity index (χ4n) is 2.64. The average Bonchev–Trinajstić information content (AvgIpc) is 2.72. The molecule has 0 aromatic heterocycles. The van der Waals surface area contributed by atoms with Crippen LogP contribution in [0.1, 0.15) is 60.3 Å². The highest BCUT2D eigenvalue weighted by Gasteiger charge is 2.32. The predicted molar refractivity (Wildman–Crippen MR) is 113 cm³/mol. The van der Waals surface area contributed by atoms with Crippen molar-refractivity contribution < 1.29 is 34.2 Å². The third-order valence-corrected chi connectivity index (χ3v) is 5.36. The van der Waals surface area contributed by atoms with Crippen LogP contribution in [0.3, 0.4) is 0 Å². The summed E-state index contributed by atoms with van der Waals surface area (Å²) in [6, 6.07) is -4.32. The van der Waals surface area contributed by atoms with Crippen molar-refractivity contribution in [1.82, 2.24) is 16.0 Å². The number of carboxylic acids is 2. The number of hydrogen-bond donors (Lipinski definition) is 6. The van der Waals surface area contributed by atoms with Gasteiger partial charge in [-0.3, -0.25) is 24.0 Å². The minimum atomic E-state index is -1.28. The van der Waals surface area contributed by atoms with Crippen LogP contribution < -0.4 is 21.7 Å². The monoisotopic (exact) mass is 444 g/mol. The molecule has 0 rings (SSSR count).